The van der Waals surface area contributed by atoms with Gasteiger partial charge < -0.3 is 9.13 Å². The van der Waals surface area contributed by atoms with E-state index >= 15 is 4.39 Å². The summed E-state index contributed by atoms with van der Waals surface area (Å²) in [5.74, 6) is 1.58. The van der Waals surface area contributed by atoms with Gasteiger partial charge in [-0.2, -0.15) is 0 Å². The van der Waals surface area contributed by atoms with Gasteiger partial charge in [-0.1, -0.05) is 170 Å². The van der Waals surface area contributed by atoms with Crippen molar-refractivity contribution in [1.82, 2.24) is 24.1 Å². The van der Waals surface area contributed by atoms with Crippen LogP contribution in [0, 0.1) is 5.82 Å². The number of aromatic nitrogens is 5. The average molecular weight is 810 g/mol. The van der Waals surface area contributed by atoms with Crippen LogP contribution in [-0.2, 0) is 0 Å². The van der Waals surface area contributed by atoms with E-state index in [1.54, 1.807) is 0 Å². The molecule has 0 amide bonds. The number of halogens is 1. The van der Waals surface area contributed by atoms with E-state index in [2.05, 4.69) is 94.1 Å². The molecule has 296 valence electrons. The first-order valence-corrected chi connectivity index (χ1v) is 21.1. The second-order valence-corrected chi connectivity index (χ2v) is 15.7. The summed E-state index contributed by atoms with van der Waals surface area (Å²) >= 11 is 0. The number of hydrogen-bond acceptors (Lipinski definition) is 3. The van der Waals surface area contributed by atoms with Crippen molar-refractivity contribution in [3.8, 4) is 67.8 Å². The highest BCUT2D eigenvalue weighted by Crippen LogP contribution is 2.43. The van der Waals surface area contributed by atoms with Gasteiger partial charge in [-0.3, -0.25) is 0 Å². The third-order valence-corrected chi connectivity index (χ3v) is 12.0. The number of para-hydroxylation sites is 2. The molecule has 0 radical (unpaired) electrons. The van der Waals surface area contributed by atoms with Crippen molar-refractivity contribution in [1.29, 1.82) is 0 Å². The lowest BCUT2D eigenvalue weighted by molar-refractivity contribution is 0.634. The molecule has 0 unspecified atom stereocenters. The molecule has 0 aliphatic rings. The average Bonchev–Trinajstić information content (AvgIpc) is 3.88. The zero-order valence-electron chi connectivity index (χ0n) is 33.9. The van der Waals surface area contributed by atoms with Gasteiger partial charge in [-0.05, 0) is 59.7 Å². The summed E-state index contributed by atoms with van der Waals surface area (Å²) < 4.78 is 21.6. The van der Waals surface area contributed by atoms with Gasteiger partial charge in [0, 0.05) is 60.7 Å². The first kappa shape index (κ1) is 36.4. The van der Waals surface area contributed by atoms with Crippen LogP contribution in [0.15, 0.2) is 218 Å². The van der Waals surface area contributed by atoms with E-state index in [0.29, 0.717) is 28.6 Å². The van der Waals surface area contributed by atoms with Crippen molar-refractivity contribution < 1.29 is 4.39 Å². The lowest BCUT2D eigenvalue weighted by Crippen LogP contribution is -2.02. The summed E-state index contributed by atoms with van der Waals surface area (Å²) in [7, 11) is 0. The van der Waals surface area contributed by atoms with E-state index in [1.807, 2.05) is 133 Å². The topological polar surface area (TPSA) is 48.5 Å². The normalized spacial score (nSPS) is 11.6. The molecule has 63 heavy (non-hydrogen) atoms. The Bertz CT molecular complexity index is 3540. The highest BCUT2D eigenvalue weighted by atomic mass is 19.1. The number of nitrogens with zero attached hydrogens (tertiary/aromatic N) is 5. The monoisotopic (exact) mass is 809 g/mol. The molecule has 0 saturated heterocycles. The summed E-state index contributed by atoms with van der Waals surface area (Å²) in [4.78, 5) is 14.9. The number of benzene rings is 9. The molecule has 0 N–H and O–H groups in total. The number of hydrogen-bond donors (Lipinski definition) is 0. The van der Waals surface area contributed by atoms with E-state index in [-0.39, 0.29) is 5.82 Å². The highest BCUT2D eigenvalue weighted by molar-refractivity contribution is 6.23. The Morgan fingerprint density at radius 2 is 0.651 bits per heavy atom. The third-order valence-electron chi connectivity index (χ3n) is 12.0. The SMILES string of the molecule is Fc1c(-c2ccccc2)cc(-n2c3ccccc3c3ccc4c5ccccc5n(-c5ccc(-c6nc(-c7ccccc7)nc(-c7ccccc7)n6)cc5)c4c32)cc1-c1ccccc1. The molecule has 9 aromatic carbocycles. The first-order chi connectivity index (χ1) is 31.2. The smallest absolute Gasteiger partial charge is 0.164 e. The largest absolute Gasteiger partial charge is 0.307 e. The first-order valence-electron chi connectivity index (χ1n) is 21.1. The molecule has 12 rings (SSSR count). The standard InChI is InChI=1S/C57H36FN5/c58-52-48(37-17-5-1-6-18-37)35-43(36-49(52)38-19-7-2-8-20-38)63-51-28-16-14-26-45(51)47-34-33-46-44-25-13-15-27-50(44)62(53(46)54(47)63)42-31-29-41(30-32-42)57-60-55(39-21-9-3-10-22-39)59-56(61-57)40-23-11-4-12-24-40/h1-36H. The van der Waals surface area contributed by atoms with Gasteiger partial charge >= 0.3 is 0 Å². The summed E-state index contributed by atoms with van der Waals surface area (Å²) in [6.07, 6.45) is 0. The second kappa shape index (κ2) is 14.9. The lowest BCUT2D eigenvalue weighted by atomic mass is 9.96. The molecule has 3 heterocycles. The van der Waals surface area contributed by atoms with E-state index in [9.17, 15) is 0 Å². The summed E-state index contributed by atoms with van der Waals surface area (Å²) in [5, 5.41) is 4.49. The predicted octanol–water partition coefficient (Wildman–Crippen LogP) is 14.5. The number of rotatable bonds is 7. The fourth-order valence-electron chi connectivity index (χ4n) is 9.13. The molecule has 0 spiro atoms. The zero-order chi connectivity index (χ0) is 41.9. The Balaban J connectivity index is 1.11. The Hall–Kier alpha value is -8.48. The van der Waals surface area contributed by atoms with Crippen LogP contribution in [0.25, 0.3) is 111 Å². The maximum atomic E-state index is 16.9. The molecule has 0 aliphatic heterocycles. The van der Waals surface area contributed by atoms with E-state index < -0.39 is 0 Å². The van der Waals surface area contributed by atoms with Crippen molar-refractivity contribution >= 4 is 43.6 Å². The Labute approximate surface area is 362 Å². The van der Waals surface area contributed by atoms with Crippen molar-refractivity contribution in [2.24, 2.45) is 0 Å². The van der Waals surface area contributed by atoms with Crippen LogP contribution in [0.3, 0.4) is 0 Å². The molecule has 5 nitrogen and oxygen atoms in total. The maximum absolute atomic E-state index is 16.9. The Morgan fingerprint density at radius 1 is 0.302 bits per heavy atom. The van der Waals surface area contributed by atoms with Gasteiger partial charge in [-0.25, -0.2) is 19.3 Å². The Morgan fingerprint density at radius 3 is 1.08 bits per heavy atom. The zero-order valence-corrected chi connectivity index (χ0v) is 33.9. The summed E-state index contributed by atoms with van der Waals surface area (Å²) in [6.45, 7) is 0. The van der Waals surface area contributed by atoms with Crippen LogP contribution in [0.5, 0.6) is 0 Å². The predicted molar refractivity (Wildman–Crippen MR) is 256 cm³/mol. The molecular formula is C57H36FN5. The van der Waals surface area contributed by atoms with Gasteiger partial charge in [-0.15, -0.1) is 0 Å². The molecule has 0 bridgehead atoms. The van der Waals surface area contributed by atoms with Gasteiger partial charge in [0.05, 0.1) is 22.1 Å². The van der Waals surface area contributed by atoms with E-state index in [0.717, 1.165) is 82.8 Å². The fourth-order valence-corrected chi connectivity index (χ4v) is 9.13. The number of fused-ring (bicyclic) bond motifs is 7. The van der Waals surface area contributed by atoms with Crippen molar-refractivity contribution in [3.63, 3.8) is 0 Å². The van der Waals surface area contributed by atoms with Crippen LogP contribution in [-0.4, -0.2) is 24.1 Å². The van der Waals surface area contributed by atoms with Crippen LogP contribution in [0.1, 0.15) is 0 Å². The van der Waals surface area contributed by atoms with Crippen molar-refractivity contribution in [3.05, 3.63) is 224 Å². The molecule has 12 aromatic rings. The second-order valence-electron chi connectivity index (χ2n) is 15.7. The summed E-state index contributed by atoms with van der Waals surface area (Å²) in [5.41, 5.74) is 11.5. The van der Waals surface area contributed by atoms with Crippen LogP contribution in [0.2, 0.25) is 0 Å². The van der Waals surface area contributed by atoms with Crippen LogP contribution < -0.4 is 0 Å². The molecule has 0 aliphatic carbocycles. The molecule has 0 atom stereocenters. The van der Waals surface area contributed by atoms with E-state index in [4.69, 9.17) is 15.0 Å². The van der Waals surface area contributed by atoms with Gasteiger partial charge in [0.2, 0.25) is 0 Å². The van der Waals surface area contributed by atoms with Crippen molar-refractivity contribution in [2.45, 2.75) is 0 Å². The molecule has 0 fully saturated rings. The minimum Gasteiger partial charge on any atom is -0.307 e. The fraction of sp³-hybridized carbons (Fsp3) is 0. The van der Waals surface area contributed by atoms with Crippen LogP contribution >= 0.6 is 0 Å². The Kier molecular flexibility index (Phi) is 8.61. The van der Waals surface area contributed by atoms with Gasteiger partial charge in [0.25, 0.3) is 0 Å². The summed E-state index contributed by atoms with van der Waals surface area (Å²) in [6, 6.07) is 73.9. The highest BCUT2D eigenvalue weighted by Gasteiger charge is 2.23. The maximum Gasteiger partial charge on any atom is 0.164 e. The minimum absolute atomic E-state index is 0.249. The minimum atomic E-state index is -0.249. The quantitative estimate of drug-likeness (QED) is 0.161. The van der Waals surface area contributed by atoms with Gasteiger partial charge in [0.15, 0.2) is 17.5 Å². The third kappa shape index (κ3) is 6.11. The molecule has 0 saturated carbocycles. The molecular weight excluding hydrogens is 774 g/mol. The van der Waals surface area contributed by atoms with E-state index in [1.165, 1.54) is 0 Å². The van der Waals surface area contributed by atoms with Crippen LogP contribution in [0.4, 0.5) is 4.39 Å². The molecule has 6 heteroatoms. The van der Waals surface area contributed by atoms with Crippen molar-refractivity contribution in [2.75, 3.05) is 0 Å². The molecule has 3 aromatic heterocycles. The van der Waals surface area contributed by atoms with Gasteiger partial charge in [0.1, 0.15) is 5.82 Å². The lowest BCUT2D eigenvalue weighted by Gasteiger charge is -2.17.